The van der Waals surface area contributed by atoms with Gasteiger partial charge in [-0.1, -0.05) is 42.5 Å². The largest absolute Gasteiger partial charge is 0.427 e. The van der Waals surface area contributed by atoms with Gasteiger partial charge < -0.3 is 9.84 Å². The molecule has 2 rings (SSSR count). The predicted molar refractivity (Wildman–Crippen MR) is 82.5 cm³/mol. The quantitative estimate of drug-likeness (QED) is 0.681. The molecular weight excluding hydrogens is 280 g/mol. The predicted octanol–water partition coefficient (Wildman–Crippen LogP) is 2.63. The van der Waals surface area contributed by atoms with Crippen LogP contribution in [0.1, 0.15) is 25.0 Å². The van der Waals surface area contributed by atoms with Crippen molar-refractivity contribution >= 4 is 11.8 Å². The molecule has 4 heteroatoms. The molecule has 1 unspecified atom stereocenters. The summed E-state index contributed by atoms with van der Waals surface area (Å²) in [5, 5.41) is 10.5. The molecule has 0 aliphatic carbocycles. The van der Waals surface area contributed by atoms with Gasteiger partial charge in [0.2, 0.25) is 0 Å². The summed E-state index contributed by atoms with van der Waals surface area (Å²) in [5.74, 6) is -0.332. The molecule has 0 amide bonds. The van der Waals surface area contributed by atoms with Gasteiger partial charge in [0.15, 0.2) is 5.78 Å². The number of hydrogen-bond acceptors (Lipinski definition) is 4. The van der Waals surface area contributed by atoms with E-state index < -0.39 is 11.6 Å². The summed E-state index contributed by atoms with van der Waals surface area (Å²) in [6, 6.07) is 15.6. The Morgan fingerprint density at radius 2 is 1.64 bits per heavy atom. The zero-order valence-electron chi connectivity index (χ0n) is 12.6. The van der Waals surface area contributed by atoms with Crippen molar-refractivity contribution in [3.05, 3.63) is 65.7 Å². The molecule has 0 saturated heterocycles. The second-order valence-electron chi connectivity index (χ2n) is 5.28. The van der Waals surface area contributed by atoms with Gasteiger partial charge in [0, 0.05) is 13.3 Å². The first kappa shape index (κ1) is 15.9. The van der Waals surface area contributed by atoms with Gasteiger partial charge in [-0.05, 0) is 30.2 Å². The number of Topliss-reactive ketones (excluding diaryl/α,β-unsaturated/α-hetero) is 1. The third-order valence-electron chi connectivity index (χ3n) is 3.43. The smallest absolute Gasteiger partial charge is 0.308 e. The molecule has 0 fully saturated rings. The van der Waals surface area contributed by atoms with Crippen molar-refractivity contribution in [2.24, 2.45) is 0 Å². The van der Waals surface area contributed by atoms with Crippen LogP contribution in [0, 0.1) is 0 Å². The van der Waals surface area contributed by atoms with E-state index >= 15 is 0 Å². The Bertz CT molecular complexity index is 657. The van der Waals surface area contributed by atoms with Crippen molar-refractivity contribution in [1.82, 2.24) is 0 Å². The molecule has 0 spiro atoms. The normalized spacial score (nSPS) is 13.2. The molecule has 0 bridgehead atoms. The molecule has 22 heavy (non-hydrogen) atoms. The highest BCUT2D eigenvalue weighted by Crippen LogP contribution is 2.25. The molecule has 2 aromatic rings. The molecule has 0 aromatic heterocycles. The van der Waals surface area contributed by atoms with Crippen LogP contribution < -0.4 is 4.74 Å². The van der Waals surface area contributed by atoms with Gasteiger partial charge >= 0.3 is 5.97 Å². The van der Waals surface area contributed by atoms with Crippen molar-refractivity contribution in [2.45, 2.75) is 25.9 Å². The lowest BCUT2D eigenvalue weighted by atomic mass is 9.88. The summed E-state index contributed by atoms with van der Waals surface area (Å²) in [5.41, 5.74) is -0.279. The van der Waals surface area contributed by atoms with E-state index in [1.54, 1.807) is 24.3 Å². The van der Waals surface area contributed by atoms with E-state index in [-0.39, 0.29) is 12.2 Å². The summed E-state index contributed by atoms with van der Waals surface area (Å²) in [6.45, 7) is 2.78. The minimum absolute atomic E-state index is 0.152. The van der Waals surface area contributed by atoms with Crippen LogP contribution in [0.3, 0.4) is 0 Å². The van der Waals surface area contributed by atoms with Gasteiger partial charge in [0.05, 0.1) is 0 Å². The molecular formula is C18H18O4. The topological polar surface area (TPSA) is 63.6 Å². The average Bonchev–Trinajstić information content (AvgIpc) is 2.48. The molecule has 114 valence electrons. The van der Waals surface area contributed by atoms with Crippen LogP contribution >= 0.6 is 0 Å². The Hall–Kier alpha value is -2.46. The fourth-order valence-electron chi connectivity index (χ4n) is 2.13. The summed E-state index contributed by atoms with van der Waals surface area (Å²) in [6.07, 6.45) is 0.152. The summed E-state index contributed by atoms with van der Waals surface area (Å²) in [7, 11) is 0. The van der Waals surface area contributed by atoms with Crippen LogP contribution in [0.15, 0.2) is 54.6 Å². The Morgan fingerprint density at radius 1 is 1.05 bits per heavy atom. The second kappa shape index (κ2) is 6.54. The average molecular weight is 298 g/mol. The number of aliphatic hydroxyl groups is 1. The van der Waals surface area contributed by atoms with Gasteiger partial charge in [-0.3, -0.25) is 9.59 Å². The lowest BCUT2D eigenvalue weighted by Gasteiger charge is -2.22. The van der Waals surface area contributed by atoms with Gasteiger partial charge in [-0.15, -0.1) is 0 Å². The van der Waals surface area contributed by atoms with E-state index in [1.165, 1.54) is 13.8 Å². The van der Waals surface area contributed by atoms with Crippen LogP contribution in [-0.4, -0.2) is 16.9 Å². The number of hydrogen-bond donors (Lipinski definition) is 1. The van der Waals surface area contributed by atoms with Crippen molar-refractivity contribution in [3.63, 3.8) is 0 Å². The SMILES string of the molecule is CC(=O)Oc1ccc(C(C)(O)C(=O)Cc2ccccc2)cc1. The first-order valence-corrected chi connectivity index (χ1v) is 6.98. The van der Waals surface area contributed by atoms with Gasteiger partial charge in [0.25, 0.3) is 0 Å². The zero-order valence-corrected chi connectivity index (χ0v) is 12.6. The first-order valence-electron chi connectivity index (χ1n) is 6.98. The van der Waals surface area contributed by atoms with E-state index in [9.17, 15) is 14.7 Å². The second-order valence-corrected chi connectivity index (χ2v) is 5.28. The van der Waals surface area contributed by atoms with E-state index in [0.29, 0.717) is 11.3 Å². The maximum atomic E-state index is 12.4. The lowest BCUT2D eigenvalue weighted by Crippen LogP contribution is -2.33. The third kappa shape index (κ3) is 3.80. The Labute approximate surface area is 129 Å². The molecule has 1 atom stereocenters. The zero-order chi connectivity index (χ0) is 16.2. The number of carbonyl (C=O) groups excluding carboxylic acids is 2. The minimum atomic E-state index is -1.59. The summed E-state index contributed by atoms with van der Waals surface area (Å²) >= 11 is 0. The number of ether oxygens (including phenoxy) is 1. The van der Waals surface area contributed by atoms with Gasteiger partial charge in [-0.2, -0.15) is 0 Å². The molecule has 1 N–H and O–H groups in total. The molecule has 0 aliphatic rings. The van der Waals surface area contributed by atoms with E-state index in [4.69, 9.17) is 4.74 Å². The standard InChI is InChI=1S/C18H18O4/c1-13(19)22-16-10-8-15(9-11-16)18(2,21)17(20)12-14-6-4-3-5-7-14/h3-11,21H,12H2,1-2H3. The molecule has 0 aliphatic heterocycles. The lowest BCUT2D eigenvalue weighted by molar-refractivity contribution is -0.136. The summed E-state index contributed by atoms with van der Waals surface area (Å²) in [4.78, 5) is 23.2. The van der Waals surface area contributed by atoms with Crippen molar-refractivity contribution in [2.75, 3.05) is 0 Å². The Balaban J connectivity index is 2.14. The number of benzene rings is 2. The van der Waals surface area contributed by atoms with Crippen molar-refractivity contribution < 1.29 is 19.4 Å². The number of ketones is 1. The monoisotopic (exact) mass is 298 g/mol. The van der Waals surface area contributed by atoms with Crippen molar-refractivity contribution in [3.8, 4) is 5.75 Å². The minimum Gasteiger partial charge on any atom is -0.427 e. The van der Waals surface area contributed by atoms with E-state index in [0.717, 1.165) is 5.56 Å². The first-order chi connectivity index (χ1) is 10.4. The van der Waals surface area contributed by atoms with E-state index in [2.05, 4.69) is 0 Å². The molecule has 2 aromatic carbocycles. The highest BCUT2D eigenvalue weighted by molar-refractivity contribution is 5.89. The Kier molecular flexibility index (Phi) is 4.73. The summed E-state index contributed by atoms with van der Waals surface area (Å²) < 4.78 is 4.93. The third-order valence-corrected chi connectivity index (χ3v) is 3.43. The molecule has 0 saturated carbocycles. The fraction of sp³-hybridized carbons (Fsp3) is 0.222. The van der Waals surface area contributed by atoms with Crippen molar-refractivity contribution in [1.29, 1.82) is 0 Å². The fourth-order valence-corrected chi connectivity index (χ4v) is 2.13. The maximum Gasteiger partial charge on any atom is 0.308 e. The van der Waals surface area contributed by atoms with Crippen LogP contribution in [0.4, 0.5) is 0 Å². The highest BCUT2D eigenvalue weighted by atomic mass is 16.5. The van der Waals surface area contributed by atoms with Crippen LogP contribution in [0.25, 0.3) is 0 Å². The maximum absolute atomic E-state index is 12.4. The highest BCUT2D eigenvalue weighted by Gasteiger charge is 2.31. The van der Waals surface area contributed by atoms with Crippen LogP contribution in [0.5, 0.6) is 5.75 Å². The number of esters is 1. The van der Waals surface area contributed by atoms with Crippen LogP contribution in [-0.2, 0) is 21.6 Å². The Morgan fingerprint density at radius 3 is 2.18 bits per heavy atom. The molecule has 0 heterocycles. The molecule has 4 nitrogen and oxygen atoms in total. The number of rotatable bonds is 5. The van der Waals surface area contributed by atoms with Crippen LogP contribution in [0.2, 0.25) is 0 Å². The van der Waals surface area contributed by atoms with E-state index in [1.807, 2.05) is 30.3 Å². The van der Waals surface area contributed by atoms with Gasteiger partial charge in [-0.25, -0.2) is 0 Å². The number of carbonyl (C=O) groups is 2. The molecule has 0 radical (unpaired) electrons. The van der Waals surface area contributed by atoms with Gasteiger partial charge in [0.1, 0.15) is 11.4 Å².